The van der Waals surface area contributed by atoms with Crippen molar-refractivity contribution in [2.45, 2.75) is 31.7 Å². The molecule has 0 aromatic rings. The van der Waals surface area contributed by atoms with E-state index in [9.17, 15) is 39.4 Å². The van der Waals surface area contributed by atoms with Crippen molar-refractivity contribution in [2.75, 3.05) is 72.0 Å². The number of carboxylic acid groups (broad SMARTS) is 3. The Hall–Kier alpha value is -1.69. The predicted molar refractivity (Wildman–Crippen MR) is 117 cm³/mol. The molecule has 0 aliphatic carbocycles. The van der Waals surface area contributed by atoms with Crippen LogP contribution in [0.2, 0.25) is 0 Å². The first-order chi connectivity index (χ1) is 15.1. The van der Waals surface area contributed by atoms with Crippen LogP contribution in [-0.4, -0.2) is 135 Å². The quantitative estimate of drug-likeness (QED) is 0.277. The Morgan fingerprint density at radius 1 is 0.750 bits per heavy atom. The first kappa shape index (κ1) is 28.3. The third kappa shape index (κ3) is 10.8. The maximum atomic E-state index is 12.0. The number of nitrogens with zero attached hydrogens (tertiary/aromatic N) is 4. The van der Waals surface area contributed by atoms with Crippen LogP contribution in [0.3, 0.4) is 0 Å². The summed E-state index contributed by atoms with van der Waals surface area (Å²) in [5.74, 6) is -3.06. The lowest BCUT2D eigenvalue weighted by Crippen LogP contribution is -2.53. The van der Waals surface area contributed by atoms with Gasteiger partial charge in [0.05, 0.1) is 19.6 Å². The fourth-order valence-corrected chi connectivity index (χ4v) is 4.28. The third-order valence-corrected chi connectivity index (χ3v) is 6.37. The van der Waals surface area contributed by atoms with Crippen molar-refractivity contribution in [3.8, 4) is 0 Å². The number of hydrogen-bond acceptors (Lipinski definition) is 9. The molecule has 13 heteroatoms. The van der Waals surface area contributed by atoms with Crippen molar-refractivity contribution < 1.29 is 39.4 Å². The smallest absolute Gasteiger partial charge is 0.376 e. The molecule has 0 radical (unpaired) electrons. The average molecular weight is 479 g/mol. The van der Waals surface area contributed by atoms with Gasteiger partial charge >= 0.3 is 31.8 Å². The van der Waals surface area contributed by atoms with Gasteiger partial charge in [0.25, 0.3) is 0 Å². The van der Waals surface area contributed by atoms with Crippen LogP contribution in [0, 0.1) is 0 Å². The highest BCUT2D eigenvalue weighted by Gasteiger charge is 2.42. The Morgan fingerprint density at radius 2 is 1.09 bits per heavy atom. The summed E-state index contributed by atoms with van der Waals surface area (Å²) in [6, 6.07) is 0. The van der Waals surface area contributed by atoms with Crippen LogP contribution in [0.1, 0.15) is 26.2 Å². The summed E-state index contributed by atoms with van der Waals surface area (Å²) in [7, 11) is -1.01. The predicted octanol–water partition coefficient (Wildman–Crippen LogP) is -0.678. The summed E-state index contributed by atoms with van der Waals surface area (Å²) in [5, 5.41) is 38.7. The van der Waals surface area contributed by atoms with Crippen molar-refractivity contribution in [1.82, 2.24) is 19.6 Å². The molecule has 0 aromatic heterocycles. The van der Waals surface area contributed by atoms with Crippen LogP contribution in [0.15, 0.2) is 0 Å². The summed E-state index contributed by atoms with van der Waals surface area (Å²) in [5.41, 5.74) is -1.57. The number of aliphatic carboxylic acids is 3. The molecule has 1 aliphatic heterocycles. The molecular formula is C19H36N4O8P+. The van der Waals surface area contributed by atoms with E-state index in [4.69, 9.17) is 0 Å². The zero-order chi connectivity index (χ0) is 24.1. The highest BCUT2D eigenvalue weighted by atomic mass is 31.1. The standard InChI is InChI=1S/C19H35N4O8P/c1-2-3-4-19(30,32-31)23-11-9-21(14-17(26)27)7-5-20(13-16(24)25)6-8-22(10-12-23)15-18(28)29/h30H,2-15H2,1H3,(H,24,25)(H,26,27)(H,28,29)/p+1. The normalized spacial score (nSPS) is 20.8. The number of carboxylic acids is 3. The number of hydrogen-bond donors (Lipinski definition) is 4. The molecule has 2 unspecified atom stereocenters. The first-order valence-electron chi connectivity index (χ1n) is 10.8. The second kappa shape index (κ2) is 14.5. The van der Waals surface area contributed by atoms with Crippen molar-refractivity contribution in [3.05, 3.63) is 0 Å². The Labute approximate surface area is 189 Å². The summed E-state index contributed by atoms with van der Waals surface area (Å²) >= 11 is 0. The molecule has 0 bridgehead atoms. The van der Waals surface area contributed by atoms with E-state index in [1.165, 1.54) is 0 Å². The number of aliphatic hydroxyl groups is 1. The fraction of sp³-hybridized carbons (Fsp3) is 0.842. The molecule has 0 aromatic carbocycles. The van der Waals surface area contributed by atoms with Gasteiger partial charge in [-0.3, -0.25) is 29.1 Å². The SMILES string of the molecule is CCCCC(O)([PH+]=O)N1CCN(CC(=O)O)CCN(CC(=O)O)CCN(CC(=O)O)CC1. The summed E-state index contributed by atoms with van der Waals surface area (Å²) in [6.07, 6.45) is 1.75. The van der Waals surface area contributed by atoms with Gasteiger partial charge in [-0.25, -0.2) is 4.90 Å². The summed E-state index contributed by atoms with van der Waals surface area (Å²) in [6.45, 7) is 3.42. The van der Waals surface area contributed by atoms with E-state index in [-0.39, 0.29) is 52.2 Å². The zero-order valence-electron chi connectivity index (χ0n) is 18.6. The summed E-state index contributed by atoms with van der Waals surface area (Å²) < 4.78 is 12.0. The molecule has 0 spiro atoms. The van der Waals surface area contributed by atoms with Gasteiger partial charge in [-0.1, -0.05) is 17.9 Å². The number of rotatable bonds is 11. The lowest BCUT2D eigenvalue weighted by Gasteiger charge is -2.35. The highest BCUT2D eigenvalue weighted by molar-refractivity contribution is 7.25. The van der Waals surface area contributed by atoms with Crippen LogP contribution in [0.4, 0.5) is 0 Å². The molecular weight excluding hydrogens is 443 g/mol. The van der Waals surface area contributed by atoms with E-state index < -0.39 is 31.8 Å². The Balaban J connectivity index is 3.11. The van der Waals surface area contributed by atoms with Gasteiger partial charge in [0.1, 0.15) is 0 Å². The molecule has 12 nitrogen and oxygen atoms in total. The molecule has 32 heavy (non-hydrogen) atoms. The molecule has 4 N–H and O–H groups in total. The van der Waals surface area contributed by atoms with Gasteiger partial charge in [-0.2, -0.15) is 0 Å². The van der Waals surface area contributed by atoms with Gasteiger partial charge in [0, 0.05) is 58.8 Å². The molecule has 1 rings (SSSR count). The minimum atomic E-state index is -1.57. The number of carbonyl (C=O) groups is 3. The van der Waals surface area contributed by atoms with Crippen molar-refractivity contribution >= 4 is 26.4 Å². The van der Waals surface area contributed by atoms with Crippen LogP contribution < -0.4 is 0 Å². The molecule has 184 valence electrons. The minimum Gasteiger partial charge on any atom is -0.480 e. The monoisotopic (exact) mass is 479 g/mol. The lowest BCUT2D eigenvalue weighted by molar-refractivity contribution is -0.141. The van der Waals surface area contributed by atoms with Crippen LogP contribution in [-0.2, 0) is 18.9 Å². The number of unbranched alkanes of at least 4 members (excludes halogenated alkanes) is 1. The van der Waals surface area contributed by atoms with Gasteiger partial charge in [0.15, 0.2) is 0 Å². The maximum absolute atomic E-state index is 12.0. The highest BCUT2D eigenvalue weighted by Crippen LogP contribution is 2.30. The largest absolute Gasteiger partial charge is 0.480 e. The van der Waals surface area contributed by atoms with Gasteiger partial charge < -0.3 is 20.4 Å². The van der Waals surface area contributed by atoms with E-state index >= 15 is 0 Å². The van der Waals surface area contributed by atoms with Gasteiger partial charge in [-0.15, -0.1) is 0 Å². The van der Waals surface area contributed by atoms with E-state index in [2.05, 4.69) is 0 Å². The Bertz CT molecular complexity index is 608. The Morgan fingerprint density at radius 3 is 1.38 bits per heavy atom. The van der Waals surface area contributed by atoms with Gasteiger partial charge in [0.2, 0.25) is 0 Å². The molecule has 0 saturated carbocycles. The second-order valence-electron chi connectivity index (χ2n) is 8.02. The van der Waals surface area contributed by atoms with Crippen molar-refractivity contribution in [2.24, 2.45) is 0 Å². The fourth-order valence-electron chi connectivity index (χ4n) is 3.65. The molecule has 1 heterocycles. The van der Waals surface area contributed by atoms with E-state index in [0.717, 1.165) is 6.42 Å². The molecule has 2 atom stereocenters. The van der Waals surface area contributed by atoms with Crippen LogP contribution in [0.25, 0.3) is 0 Å². The van der Waals surface area contributed by atoms with Gasteiger partial charge in [-0.05, 0) is 6.42 Å². The minimum absolute atomic E-state index is 0.234. The van der Waals surface area contributed by atoms with Crippen molar-refractivity contribution in [1.29, 1.82) is 0 Å². The summed E-state index contributed by atoms with van der Waals surface area (Å²) in [4.78, 5) is 40.4. The zero-order valence-corrected chi connectivity index (χ0v) is 19.6. The average Bonchev–Trinajstić information content (AvgIpc) is 2.70. The topological polar surface area (TPSA) is 162 Å². The molecule has 1 fully saturated rings. The van der Waals surface area contributed by atoms with E-state index in [0.29, 0.717) is 32.6 Å². The molecule has 1 aliphatic rings. The second-order valence-corrected chi connectivity index (χ2v) is 9.02. The lowest BCUT2D eigenvalue weighted by atomic mass is 10.2. The van der Waals surface area contributed by atoms with Crippen LogP contribution >= 0.6 is 8.46 Å². The third-order valence-electron chi connectivity index (χ3n) is 5.48. The first-order valence-corrected chi connectivity index (χ1v) is 11.7. The van der Waals surface area contributed by atoms with E-state index in [1.807, 2.05) is 6.92 Å². The molecule has 1 saturated heterocycles. The van der Waals surface area contributed by atoms with Crippen molar-refractivity contribution in [3.63, 3.8) is 0 Å². The molecule has 0 amide bonds. The van der Waals surface area contributed by atoms with Crippen LogP contribution in [0.5, 0.6) is 0 Å². The Kier molecular flexibility index (Phi) is 12.8. The van der Waals surface area contributed by atoms with E-state index in [1.54, 1.807) is 19.6 Å². The maximum Gasteiger partial charge on any atom is 0.376 e.